The van der Waals surface area contributed by atoms with Gasteiger partial charge in [0, 0.05) is 11.6 Å². The van der Waals surface area contributed by atoms with Crippen LogP contribution in [0.1, 0.15) is 49.9 Å². The molecule has 0 spiro atoms. The van der Waals surface area contributed by atoms with Crippen molar-refractivity contribution < 1.29 is 24.2 Å². The Morgan fingerprint density at radius 2 is 1.67 bits per heavy atom. The number of methoxy groups -OCH3 is 2. The third kappa shape index (κ3) is 5.60. The van der Waals surface area contributed by atoms with Crippen LogP contribution in [0, 0.1) is 5.92 Å². The van der Waals surface area contributed by atoms with Gasteiger partial charge in [0.1, 0.15) is 17.5 Å². The average molecular weight is 378 g/mol. The van der Waals surface area contributed by atoms with Crippen molar-refractivity contribution in [3.8, 4) is 11.5 Å². The first-order valence-corrected chi connectivity index (χ1v) is 9.38. The van der Waals surface area contributed by atoms with E-state index in [-0.39, 0.29) is 23.8 Å². The van der Waals surface area contributed by atoms with E-state index in [1.54, 1.807) is 18.2 Å². The lowest BCUT2D eigenvalue weighted by Gasteiger charge is -2.31. The minimum Gasteiger partial charge on any atom is -0.497 e. The van der Waals surface area contributed by atoms with Gasteiger partial charge in [-0.2, -0.15) is 0 Å². The summed E-state index contributed by atoms with van der Waals surface area (Å²) in [6.07, 6.45) is 2.85. The molecule has 150 valence electrons. The van der Waals surface area contributed by atoms with Gasteiger partial charge in [-0.25, -0.2) is 0 Å². The van der Waals surface area contributed by atoms with Gasteiger partial charge in [-0.1, -0.05) is 26.7 Å². The normalized spacial score (nSPS) is 20.7. The van der Waals surface area contributed by atoms with Crippen molar-refractivity contribution in [1.82, 2.24) is 10.6 Å². The van der Waals surface area contributed by atoms with Gasteiger partial charge in [0.05, 0.1) is 26.4 Å². The van der Waals surface area contributed by atoms with Crippen LogP contribution in [0.25, 0.3) is 0 Å². The molecule has 1 fully saturated rings. The molecule has 3 N–H and O–H groups in total. The highest BCUT2D eigenvalue weighted by molar-refractivity contribution is 5.98. The van der Waals surface area contributed by atoms with Gasteiger partial charge in [0.2, 0.25) is 5.91 Å². The molecule has 1 aliphatic rings. The highest BCUT2D eigenvalue weighted by Gasteiger charge is 2.30. The molecule has 0 aromatic heterocycles. The van der Waals surface area contributed by atoms with Crippen LogP contribution in [0.3, 0.4) is 0 Å². The number of amides is 2. The van der Waals surface area contributed by atoms with Crippen molar-refractivity contribution in [3.63, 3.8) is 0 Å². The van der Waals surface area contributed by atoms with E-state index in [0.29, 0.717) is 23.5 Å². The Bertz CT molecular complexity index is 640. The first-order chi connectivity index (χ1) is 12.8. The first kappa shape index (κ1) is 21.0. The van der Waals surface area contributed by atoms with Gasteiger partial charge in [-0.05, 0) is 30.9 Å². The molecule has 1 saturated carbocycles. The zero-order valence-electron chi connectivity index (χ0n) is 16.5. The van der Waals surface area contributed by atoms with Crippen LogP contribution >= 0.6 is 0 Å². The van der Waals surface area contributed by atoms with Crippen molar-refractivity contribution in [1.29, 1.82) is 0 Å². The van der Waals surface area contributed by atoms with E-state index in [2.05, 4.69) is 10.6 Å². The van der Waals surface area contributed by atoms with Crippen LogP contribution in [0.15, 0.2) is 18.2 Å². The molecule has 0 radical (unpaired) electrons. The number of carbonyl (C=O) groups is 2. The van der Waals surface area contributed by atoms with Crippen LogP contribution in [0.2, 0.25) is 0 Å². The molecule has 1 aromatic rings. The molecule has 7 nitrogen and oxygen atoms in total. The van der Waals surface area contributed by atoms with Gasteiger partial charge in [-0.15, -0.1) is 0 Å². The number of rotatable bonds is 7. The summed E-state index contributed by atoms with van der Waals surface area (Å²) in [4.78, 5) is 25.4. The van der Waals surface area contributed by atoms with Crippen molar-refractivity contribution in [2.75, 3.05) is 14.2 Å². The number of aliphatic hydroxyl groups excluding tert-OH is 1. The van der Waals surface area contributed by atoms with E-state index >= 15 is 0 Å². The highest BCUT2D eigenvalue weighted by atomic mass is 16.5. The van der Waals surface area contributed by atoms with E-state index in [4.69, 9.17) is 9.47 Å². The van der Waals surface area contributed by atoms with E-state index < -0.39 is 12.1 Å². The lowest BCUT2D eigenvalue weighted by molar-refractivity contribution is -0.125. The molecule has 3 atom stereocenters. The highest BCUT2D eigenvalue weighted by Crippen LogP contribution is 2.23. The minimum absolute atomic E-state index is 0.109. The van der Waals surface area contributed by atoms with Crippen molar-refractivity contribution in [2.45, 2.75) is 57.7 Å². The molecule has 1 aliphatic carbocycles. The van der Waals surface area contributed by atoms with E-state index in [0.717, 1.165) is 19.3 Å². The SMILES string of the molecule is COc1cc(OC)cc(C(=O)N[C@H](C(=O)N[C@H]2CCCC[C@@H]2O)C(C)C)c1. The molecule has 0 unspecified atom stereocenters. The zero-order chi connectivity index (χ0) is 20.0. The summed E-state index contributed by atoms with van der Waals surface area (Å²) in [7, 11) is 3.02. The van der Waals surface area contributed by atoms with Crippen molar-refractivity contribution in [3.05, 3.63) is 23.8 Å². The zero-order valence-corrected chi connectivity index (χ0v) is 16.5. The number of benzene rings is 1. The molecule has 0 bridgehead atoms. The van der Waals surface area contributed by atoms with Crippen LogP contribution in [-0.2, 0) is 4.79 Å². The number of nitrogens with one attached hydrogen (secondary N) is 2. The van der Waals surface area contributed by atoms with E-state index in [1.807, 2.05) is 13.8 Å². The second-order valence-corrected chi connectivity index (χ2v) is 7.26. The molecular formula is C20H30N2O5. The second-order valence-electron chi connectivity index (χ2n) is 7.26. The van der Waals surface area contributed by atoms with Crippen LogP contribution < -0.4 is 20.1 Å². The Morgan fingerprint density at radius 3 is 2.19 bits per heavy atom. The molecule has 0 aliphatic heterocycles. The lowest BCUT2D eigenvalue weighted by Crippen LogP contribution is -2.55. The average Bonchev–Trinajstić information content (AvgIpc) is 2.66. The topological polar surface area (TPSA) is 96.9 Å². The van der Waals surface area contributed by atoms with Gasteiger partial charge in [0.25, 0.3) is 5.91 Å². The Morgan fingerprint density at radius 1 is 1.07 bits per heavy atom. The number of carbonyl (C=O) groups excluding carboxylic acids is 2. The maximum Gasteiger partial charge on any atom is 0.252 e. The predicted molar refractivity (Wildman–Crippen MR) is 102 cm³/mol. The maximum absolute atomic E-state index is 12.7. The predicted octanol–water partition coefficient (Wildman–Crippen LogP) is 1.88. The maximum atomic E-state index is 12.7. The van der Waals surface area contributed by atoms with Crippen LogP contribution in [0.5, 0.6) is 11.5 Å². The Balaban J connectivity index is 2.10. The summed E-state index contributed by atoms with van der Waals surface area (Å²) in [5.74, 6) is 0.220. The summed E-state index contributed by atoms with van der Waals surface area (Å²) in [5.41, 5.74) is 0.349. The van der Waals surface area contributed by atoms with Gasteiger partial charge < -0.3 is 25.2 Å². The summed E-state index contributed by atoms with van der Waals surface area (Å²) >= 11 is 0. The standard InChI is InChI=1S/C20H30N2O5/c1-12(2)18(20(25)21-16-7-5-6-8-17(16)23)22-19(24)13-9-14(26-3)11-15(10-13)27-4/h9-12,16-18,23H,5-8H2,1-4H3,(H,21,25)(H,22,24)/t16-,17-,18-/m0/s1. The fourth-order valence-corrected chi connectivity index (χ4v) is 3.25. The van der Waals surface area contributed by atoms with Gasteiger partial charge >= 0.3 is 0 Å². The number of ether oxygens (including phenoxy) is 2. The Labute approximate surface area is 160 Å². The van der Waals surface area contributed by atoms with E-state index in [1.165, 1.54) is 14.2 Å². The number of hydrogen-bond donors (Lipinski definition) is 3. The largest absolute Gasteiger partial charge is 0.497 e. The van der Waals surface area contributed by atoms with Gasteiger partial charge in [0.15, 0.2) is 0 Å². The molecule has 7 heteroatoms. The van der Waals surface area contributed by atoms with Crippen molar-refractivity contribution >= 4 is 11.8 Å². The number of aliphatic hydroxyl groups is 1. The molecule has 2 amide bonds. The van der Waals surface area contributed by atoms with Gasteiger partial charge in [-0.3, -0.25) is 9.59 Å². The first-order valence-electron chi connectivity index (χ1n) is 9.38. The second kappa shape index (κ2) is 9.60. The fourth-order valence-electron chi connectivity index (χ4n) is 3.25. The molecule has 1 aromatic carbocycles. The lowest BCUT2D eigenvalue weighted by atomic mass is 9.92. The third-order valence-electron chi connectivity index (χ3n) is 4.91. The summed E-state index contributed by atoms with van der Waals surface area (Å²) in [6.45, 7) is 3.74. The molecular weight excluding hydrogens is 348 g/mol. The molecule has 27 heavy (non-hydrogen) atoms. The molecule has 0 saturated heterocycles. The smallest absolute Gasteiger partial charge is 0.252 e. The Hall–Kier alpha value is -2.28. The minimum atomic E-state index is -0.705. The summed E-state index contributed by atoms with van der Waals surface area (Å²) < 4.78 is 10.4. The summed E-state index contributed by atoms with van der Waals surface area (Å²) in [5, 5.41) is 15.8. The fraction of sp³-hybridized carbons (Fsp3) is 0.600. The monoisotopic (exact) mass is 378 g/mol. The molecule has 2 rings (SSSR count). The third-order valence-corrected chi connectivity index (χ3v) is 4.91. The quantitative estimate of drug-likeness (QED) is 0.673. The van der Waals surface area contributed by atoms with E-state index in [9.17, 15) is 14.7 Å². The summed E-state index contributed by atoms with van der Waals surface area (Å²) in [6, 6.07) is 3.90. The molecule has 0 heterocycles. The Kier molecular flexibility index (Phi) is 7.47. The number of hydrogen-bond acceptors (Lipinski definition) is 5. The van der Waals surface area contributed by atoms with Crippen molar-refractivity contribution in [2.24, 2.45) is 5.92 Å². The van der Waals surface area contributed by atoms with Crippen LogP contribution in [-0.4, -0.2) is 49.3 Å². The van der Waals surface area contributed by atoms with Crippen LogP contribution in [0.4, 0.5) is 0 Å².